The molecule has 0 bridgehead atoms. The molecule has 0 fully saturated rings. The summed E-state index contributed by atoms with van der Waals surface area (Å²) in [7, 11) is -3.87. The second-order valence-electron chi connectivity index (χ2n) is 7.79. The van der Waals surface area contributed by atoms with Crippen molar-refractivity contribution >= 4 is 21.8 Å². The van der Waals surface area contributed by atoms with Crippen LogP contribution in [0.15, 0.2) is 77.8 Å². The largest absolute Gasteiger partial charge is 0.460 e. The molecule has 0 aliphatic heterocycles. The number of anilines is 1. The zero-order valence-electron chi connectivity index (χ0n) is 17.5. The van der Waals surface area contributed by atoms with E-state index < -0.39 is 21.6 Å². The molecule has 0 atom stereocenters. The van der Waals surface area contributed by atoms with Crippen LogP contribution in [0.1, 0.15) is 26.3 Å². The van der Waals surface area contributed by atoms with Gasteiger partial charge >= 0.3 is 5.97 Å². The number of para-hydroxylation sites is 1. The minimum Gasteiger partial charge on any atom is -0.460 e. The fraction of sp³-hybridized carbons (Fsp3) is 0.217. The zero-order chi connectivity index (χ0) is 22.5. The summed E-state index contributed by atoms with van der Waals surface area (Å²) >= 11 is 0. The average molecular weight is 441 g/mol. The van der Waals surface area contributed by atoms with Crippen molar-refractivity contribution in [1.82, 2.24) is 4.98 Å². The Bertz CT molecular complexity index is 1140. The minimum atomic E-state index is -3.87. The molecule has 0 saturated carbocycles. The van der Waals surface area contributed by atoms with Gasteiger partial charge < -0.3 is 9.47 Å². The molecule has 3 aromatic rings. The van der Waals surface area contributed by atoms with Gasteiger partial charge in [0, 0.05) is 6.20 Å². The Morgan fingerprint density at radius 1 is 1.00 bits per heavy atom. The van der Waals surface area contributed by atoms with Gasteiger partial charge in [-0.1, -0.05) is 36.4 Å². The molecule has 0 spiro atoms. The number of hydrogen-bond acceptors (Lipinski definition) is 6. The van der Waals surface area contributed by atoms with Crippen molar-refractivity contribution in [2.45, 2.75) is 37.7 Å². The molecule has 0 aliphatic carbocycles. The molecule has 0 saturated heterocycles. The van der Waals surface area contributed by atoms with Crippen LogP contribution in [0.5, 0.6) is 11.5 Å². The Morgan fingerprint density at radius 3 is 2.23 bits per heavy atom. The Morgan fingerprint density at radius 2 is 1.61 bits per heavy atom. The highest BCUT2D eigenvalue weighted by Crippen LogP contribution is 2.30. The van der Waals surface area contributed by atoms with E-state index >= 15 is 0 Å². The first-order valence-electron chi connectivity index (χ1n) is 9.64. The third kappa shape index (κ3) is 6.55. The van der Waals surface area contributed by atoms with E-state index in [4.69, 9.17) is 9.47 Å². The molecule has 31 heavy (non-hydrogen) atoms. The molecular formula is C23H24N2O5S. The third-order valence-corrected chi connectivity index (χ3v) is 5.29. The quantitative estimate of drug-likeness (QED) is 0.541. The van der Waals surface area contributed by atoms with Crippen LogP contribution in [0.2, 0.25) is 0 Å². The number of hydrogen-bond donors (Lipinski definition) is 1. The van der Waals surface area contributed by atoms with Crippen molar-refractivity contribution in [3.63, 3.8) is 0 Å². The fourth-order valence-corrected chi connectivity index (χ4v) is 3.72. The zero-order valence-corrected chi connectivity index (χ0v) is 18.3. The number of nitrogens with one attached hydrogen (secondary N) is 1. The lowest BCUT2D eigenvalue weighted by atomic mass is 10.1. The molecule has 0 amide bonds. The van der Waals surface area contributed by atoms with Gasteiger partial charge in [-0.3, -0.25) is 9.52 Å². The maximum Gasteiger partial charge on any atom is 0.310 e. The normalized spacial score (nSPS) is 11.6. The molecule has 162 valence electrons. The summed E-state index contributed by atoms with van der Waals surface area (Å²) in [6, 6.07) is 18.4. The highest BCUT2D eigenvalue weighted by molar-refractivity contribution is 7.92. The van der Waals surface area contributed by atoms with Gasteiger partial charge in [-0.25, -0.2) is 13.4 Å². The summed E-state index contributed by atoms with van der Waals surface area (Å²) in [4.78, 5) is 16.5. The van der Waals surface area contributed by atoms with E-state index in [1.807, 2.05) is 6.07 Å². The van der Waals surface area contributed by atoms with E-state index in [0.29, 0.717) is 11.3 Å². The molecule has 7 nitrogen and oxygen atoms in total. The minimum absolute atomic E-state index is 0.0145. The average Bonchev–Trinajstić information content (AvgIpc) is 2.70. The number of nitrogens with zero attached hydrogens (tertiary/aromatic N) is 1. The smallest absolute Gasteiger partial charge is 0.310 e. The van der Waals surface area contributed by atoms with E-state index in [9.17, 15) is 13.2 Å². The Labute approximate surface area is 182 Å². The van der Waals surface area contributed by atoms with Crippen molar-refractivity contribution in [1.29, 1.82) is 0 Å². The van der Waals surface area contributed by atoms with E-state index in [1.54, 1.807) is 69.3 Å². The van der Waals surface area contributed by atoms with Crippen LogP contribution in [-0.2, 0) is 26.0 Å². The molecule has 3 rings (SSSR count). The summed E-state index contributed by atoms with van der Waals surface area (Å²) in [5, 5.41) is 0. The van der Waals surface area contributed by atoms with E-state index in [2.05, 4.69) is 9.71 Å². The van der Waals surface area contributed by atoms with Gasteiger partial charge in [0.25, 0.3) is 10.0 Å². The van der Waals surface area contributed by atoms with Crippen LogP contribution < -0.4 is 9.46 Å². The number of ether oxygens (including phenoxy) is 2. The van der Waals surface area contributed by atoms with Crippen molar-refractivity contribution in [3.05, 3.63) is 78.5 Å². The predicted molar refractivity (Wildman–Crippen MR) is 118 cm³/mol. The number of esters is 1. The van der Waals surface area contributed by atoms with Crippen molar-refractivity contribution < 1.29 is 22.7 Å². The van der Waals surface area contributed by atoms with Crippen LogP contribution in [0, 0.1) is 0 Å². The first kappa shape index (κ1) is 22.3. The number of carbonyl (C=O) groups excluding carboxylic acids is 1. The summed E-state index contributed by atoms with van der Waals surface area (Å²) in [5.74, 6) is 0.267. The van der Waals surface area contributed by atoms with E-state index in [1.165, 1.54) is 18.3 Å². The first-order chi connectivity index (χ1) is 14.6. The van der Waals surface area contributed by atoms with E-state index in [0.717, 1.165) is 0 Å². The SMILES string of the molecule is CC(C)(C)OC(=O)Cc1cnc(NS(=O)(=O)c2ccccc2)c(Oc2ccccc2)c1. The van der Waals surface area contributed by atoms with Crippen molar-refractivity contribution in [2.75, 3.05) is 4.72 Å². The number of aromatic nitrogens is 1. The van der Waals surface area contributed by atoms with Gasteiger partial charge in [0.1, 0.15) is 11.4 Å². The van der Waals surface area contributed by atoms with Crippen molar-refractivity contribution in [2.24, 2.45) is 0 Å². The van der Waals surface area contributed by atoms with Gasteiger partial charge in [0.15, 0.2) is 11.6 Å². The summed E-state index contributed by atoms with van der Waals surface area (Å²) < 4.78 is 39.2. The molecule has 0 radical (unpaired) electrons. The van der Waals surface area contributed by atoms with Crippen LogP contribution in [0.3, 0.4) is 0 Å². The fourth-order valence-electron chi connectivity index (χ4n) is 2.68. The van der Waals surface area contributed by atoms with Crippen LogP contribution in [0.4, 0.5) is 5.82 Å². The van der Waals surface area contributed by atoms with Gasteiger partial charge in [0.05, 0.1) is 11.3 Å². The lowest BCUT2D eigenvalue weighted by molar-refractivity contribution is -0.153. The Hall–Kier alpha value is -3.39. The Kier molecular flexibility index (Phi) is 6.60. The lowest BCUT2D eigenvalue weighted by Crippen LogP contribution is -2.25. The Balaban J connectivity index is 1.91. The van der Waals surface area contributed by atoms with Gasteiger partial charge in [0.2, 0.25) is 0 Å². The molecule has 0 aliphatic rings. The summed E-state index contributed by atoms with van der Waals surface area (Å²) in [6.07, 6.45) is 1.39. The topological polar surface area (TPSA) is 94.6 Å². The molecular weight excluding hydrogens is 416 g/mol. The monoisotopic (exact) mass is 440 g/mol. The second kappa shape index (κ2) is 9.18. The van der Waals surface area contributed by atoms with Crippen LogP contribution in [0.25, 0.3) is 0 Å². The maximum absolute atomic E-state index is 12.7. The highest BCUT2D eigenvalue weighted by Gasteiger charge is 2.20. The number of sulfonamides is 1. The van der Waals surface area contributed by atoms with E-state index in [-0.39, 0.29) is 22.9 Å². The molecule has 1 N–H and O–H groups in total. The van der Waals surface area contributed by atoms with Gasteiger partial charge in [-0.05, 0) is 56.7 Å². The standard InChI is InChI=1S/C23H24N2O5S/c1-23(2,3)30-21(26)15-17-14-20(29-18-10-6-4-7-11-18)22(24-16-17)25-31(27,28)19-12-8-5-9-13-19/h4-14,16H,15H2,1-3H3,(H,24,25). The third-order valence-electron chi connectivity index (χ3n) is 3.93. The van der Waals surface area contributed by atoms with Crippen molar-refractivity contribution in [3.8, 4) is 11.5 Å². The molecule has 1 aromatic heterocycles. The van der Waals surface area contributed by atoms with Gasteiger partial charge in [-0.2, -0.15) is 0 Å². The molecule has 2 aromatic carbocycles. The maximum atomic E-state index is 12.7. The highest BCUT2D eigenvalue weighted by atomic mass is 32.2. The first-order valence-corrected chi connectivity index (χ1v) is 11.1. The molecule has 0 unspecified atom stereocenters. The number of pyridine rings is 1. The molecule has 1 heterocycles. The van der Waals surface area contributed by atoms with Crippen LogP contribution >= 0.6 is 0 Å². The predicted octanol–water partition coefficient (Wildman–Crippen LogP) is 4.56. The second-order valence-corrected chi connectivity index (χ2v) is 9.47. The number of carbonyl (C=O) groups is 1. The number of rotatable bonds is 7. The van der Waals surface area contributed by atoms with Crippen LogP contribution in [-0.4, -0.2) is 25.0 Å². The van der Waals surface area contributed by atoms with Gasteiger partial charge in [-0.15, -0.1) is 0 Å². The summed E-state index contributed by atoms with van der Waals surface area (Å²) in [6.45, 7) is 5.36. The lowest BCUT2D eigenvalue weighted by Gasteiger charge is -2.19. The molecule has 8 heteroatoms. The number of benzene rings is 2. The summed E-state index contributed by atoms with van der Waals surface area (Å²) in [5.41, 5.74) is -0.0816.